The number of aliphatic hydroxyl groups excluding tert-OH is 3. The lowest BCUT2D eigenvalue weighted by Gasteiger charge is -2.33. The van der Waals surface area contributed by atoms with Gasteiger partial charge < -0.3 is 20.2 Å². The number of β-amino-alcohol motifs (C(OH)–C–C–N with tert-alkyl or cyclic N) is 1. The summed E-state index contributed by atoms with van der Waals surface area (Å²) in [4.78, 5) is 13.3. The third kappa shape index (κ3) is 3.30. The Morgan fingerprint density at radius 1 is 1.42 bits per heavy atom. The van der Waals surface area contributed by atoms with Crippen molar-refractivity contribution in [1.29, 1.82) is 5.26 Å². The molecule has 0 aromatic heterocycles. The molecule has 2 atom stereocenters. The van der Waals surface area contributed by atoms with E-state index in [0.29, 0.717) is 22.3 Å². The van der Waals surface area contributed by atoms with Crippen molar-refractivity contribution in [1.82, 2.24) is 4.90 Å². The highest BCUT2D eigenvalue weighted by molar-refractivity contribution is 5.97. The molecule has 3 rings (SSSR count). The third-order valence-corrected chi connectivity index (χ3v) is 4.31. The van der Waals surface area contributed by atoms with E-state index in [1.165, 1.54) is 29.2 Å². The van der Waals surface area contributed by atoms with Crippen molar-refractivity contribution >= 4 is 11.4 Å². The Morgan fingerprint density at radius 2 is 2.19 bits per heavy atom. The first-order valence-corrected chi connectivity index (χ1v) is 8.04. The van der Waals surface area contributed by atoms with Crippen LogP contribution in [0.4, 0.5) is 4.39 Å². The van der Waals surface area contributed by atoms with E-state index in [4.69, 9.17) is 5.11 Å². The van der Waals surface area contributed by atoms with Gasteiger partial charge in [0.2, 0.25) is 0 Å². The molecule has 0 amide bonds. The molecule has 134 valence electrons. The number of halogens is 1. The fourth-order valence-corrected chi connectivity index (χ4v) is 3.11. The van der Waals surface area contributed by atoms with Gasteiger partial charge in [-0.2, -0.15) is 5.26 Å². The van der Waals surface area contributed by atoms with Crippen molar-refractivity contribution in [2.75, 3.05) is 13.2 Å². The van der Waals surface area contributed by atoms with Crippen molar-refractivity contribution in [3.63, 3.8) is 0 Å². The summed E-state index contributed by atoms with van der Waals surface area (Å²) >= 11 is 0. The van der Waals surface area contributed by atoms with Crippen LogP contribution in [0.25, 0.3) is 5.57 Å². The molecule has 26 heavy (non-hydrogen) atoms. The quantitative estimate of drug-likeness (QED) is 0.740. The van der Waals surface area contributed by atoms with Crippen LogP contribution >= 0.6 is 0 Å². The number of nitriles is 1. The van der Waals surface area contributed by atoms with Gasteiger partial charge in [0.15, 0.2) is 5.78 Å². The van der Waals surface area contributed by atoms with Crippen molar-refractivity contribution in [3.8, 4) is 6.07 Å². The van der Waals surface area contributed by atoms with Gasteiger partial charge in [0.1, 0.15) is 23.7 Å². The van der Waals surface area contributed by atoms with Crippen molar-refractivity contribution in [2.45, 2.75) is 18.6 Å². The first kappa shape index (κ1) is 18.0. The number of Topliss-reactive ketones (excluding diaryl/α,β-unsaturated/α-hetero) is 1. The molecule has 7 heteroatoms. The van der Waals surface area contributed by atoms with Crippen LogP contribution in [0.2, 0.25) is 0 Å². The highest BCUT2D eigenvalue weighted by atomic mass is 19.1. The van der Waals surface area contributed by atoms with Gasteiger partial charge in [0.25, 0.3) is 0 Å². The summed E-state index contributed by atoms with van der Waals surface area (Å²) < 4.78 is 13.7. The molecule has 1 heterocycles. The second-order valence-electron chi connectivity index (χ2n) is 6.16. The second-order valence-corrected chi connectivity index (χ2v) is 6.16. The highest BCUT2D eigenvalue weighted by Gasteiger charge is 2.33. The molecule has 6 nitrogen and oxygen atoms in total. The van der Waals surface area contributed by atoms with E-state index in [1.807, 2.05) is 6.07 Å². The maximum atomic E-state index is 13.7. The smallest absolute Gasteiger partial charge is 0.169 e. The zero-order valence-electron chi connectivity index (χ0n) is 13.8. The molecule has 0 spiro atoms. The summed E-state index contributed by atoms with van der Waals surface area (Å²) in [5.74, 6) is -0.875. The Morgan fingerprint density at radius 3 is 2.85 bits per heavy atom. The molecule has 2 aliphatic rings. The monoisotopic (exact) mass is 356 g/mol. The standard InChI is InChI=1S/C19H17FN2O4/c20-13-3-1-2-11(4-13)19-15-6-18(26)17(25)5-12(15)8-22(16(19)7-21)9-14(24)10-23/h1-4,6,8,14,18,23-24,26H,5,9-10H2. The van der Waals surface area contributed by atoms with Crippen LogP contribution in [0.15, 0.2) is 53.4 Å². The number of hydrogen-bond acceptors (Lipinski definition) is 6. The number of carbonyl (C=O) groups excluding carboxylic acids is 1. The van der Waals surface area contributed by atoms with E-state index in [0.717, 1.165) is 0 Å². The van der Waals surface area contributed by atoms with Crippen molar-refractivity contribution in [2.24, 2.45) is 0 Å². The predicted octanol–water partition coefficient (Wildman–Crippen LogP) is 0.873. The van der Waals surface area contributed by atoms with Crippen molar-refractivity contribution < 1.29 is 24.5 Å². The number of rotatable bonds is 4. The van der Waals surface area contributed by atoms with Crippen LogP contribution in [0.5, 0.6) is 0 Å². The number of hydrogen-bond donors (Lipinski definition) is 3. The minimum Gasteiger partial charge on any atom is -0.394 e. The fraction of sp³-hybridized carbons (Fsp3) is 0.263. The molecule has 1 aromatic carbocycles. The number of ketones is 1. The normalized spacial score (nSPS) is 21.0. The lowest BCUT2D eigenvalue weighted by atomic mass is 9.81. The van der Waals surface area contributed by atoms with Crippen molar-refractivity contribution in [3.05, 3.63) is 64.8 Å². The lowest BCUT2D eigenvalue weighted by molar-refractivity contribution is -0.124. The minimum absolute atomic E-state index is 0.0454. The second kappa shape index (κ2) is 7.22. The van der Waals surface area contributed by atoms with Gasteiger partial charge in [-0.1, -0.05) is 12.1 Å². The topological polar surface area (TPSA) is 105 Å². The highest BCUT2D eigenvalue weighted by Crippen LogP contribution is 2.40. The molecule has 3 N–H and O–H groups in total. The Labute approximate surface area is 149 Å². The summed E-state index contributed by atoms with van der Waals surface area (Å²) in [6, 6.07) is 7.72. The summed E-state index contributed by atoms with van der Waals surface area (Å²) in [6.07, 6.45) is 0.473. The van der Waals surface area contributed by atoms with Crippen LogP contribution < -0.4 is 0 Å². The molecule has 0 fully saturated rings. The first-order valence-electron chi connectivity index (χ1n) is 8.04. The number of nitrogens with zero attached hydrogens (tertiary/aromatic N) is 2. The van der Waals surface area contributed by atoms with Gasteiger partial charge in [-0.05, 0) is 34.9 Å². The van der Waals surface area contributed by atoms with Gasteiger partial charge in [-0.3, -0.25) is 4.79 Å². The van der Waals surface area contributed by atoms with E-state index in [1.54, 1.807) is 12.3 Å². The van der Waals surface area contributed by atoms with E-state index < -0.39 is 24.6 Å². The molecular formula is C19H17FN2O4. The van der Waals surface area contributed by atoms with Gasteiger partial charge in [-0.15, -0.1) is 0 Å². The van der Waals surface area contributed by atoms with Crippen LogP contribution in [-0.2, 0) is 4.79 Å². The summed E-state index contributed by atoms with van der Waals surface area (Å²) in [5.41, 5.74) is 1.99. The largest absolute Gasteiger partial charge is 0.394 e. The van der Waals surface area contributed by atoms with Gasteiger partial charge >= 0.3 is 0 Å². The summed E-state index contributed by atoms with van der Waals surface area (Å²) in [5, 5.41) is 38.5. The average Bonchev–Trinajstić information content (AvgIpc) is 2.62. The van der Waals surface area contributed by atoms with E-state index >= 15 is 0 Å². The zero-order valence-corrected chi connectivity index (χ0v) is 13.8. The number of fused-ring (bicyclic) bond motifs is 1. The number of allylic oxidation sites excluding steroid dienone is 4. The number of carbonyl (C=O) groups is 1. The summed E-state index contributed by atoms with van der Waals surface area (Å²) in [6.45, 7) is -0.556. The number of benzene rings is 1. The van der Waals surface area contributed by atoms with E-state index in [-0.39, 0.29) is 24.4 Å². The molecule has 1 aromatic rings. The molecule has 0 bridgehead atoms. The Bertz CT molecular complexity index is 882. The molecule has 1 aliphatic heterocycles. The summed E-state index contributed by atoms with van der Waals surface area (Å²) in [7, 11) is 0. The first-order chi connectivity index (χ1) is 12.4. The lowest BCUT2D eigenvalue weighted by Crippen LogP contribution is -2.34. The van der Waals surface area contributed by atoms with Gasteiger partial charge in [-0.25, -0.2) is 4.39 Å². The fourth-order valence-electron chi connectivity index (χ4n) is 3.11. The maximum Gasteiger partial charge on any atom is 0.169 e. The SMILES string of the molecule is N#CC1=C(c2cccc(F)c2)C2=CC(O)C(=O)CC2=CN1CC(O)CO. The van der Waals surface area contributed by atoms with Crippen LogP contribution in [-0.4, -0.2) is 51.4 Å². The Balaban J connectivity index is 2.20. The molecular weight excluding hydrogens is 339 g/mol. The van der Waals surface area contributed by atoms with Gasteiger partial charge in [0.05, 0.1) is 19.3 Å². The van der Waals surface area contributed by atoms with E-state index in [9.17, 15) is 24.7 Å². The predicted molar refractivity (Wildman–Crippen MR) is 90.5 cm³/mol. The molecule has 0 radical (unpaired) electrons. The van der Waals surface area contributed by atoms with Gasteiger partial charge in [0, 0.05) is 18.2 Å². The van der Waals surface area contributed by atoms with Crippen LogP contribution in [0, 0.1) is 17.1 Å². The average molecular weight is 356 g/mol. The molecule has 0 saturated carbocycles. The molecule has 2 unspecified atom stereocenters. The molecule has 1 aliphatic carbocycles. The Hall–Kier alpha value is -2.79. The molecule has 0 saturated heterocycles. The zero-order chi connectivity index (χ0) is 18.8. The number of aliphatic hydroxyl groups is 3. The minimum atomic E-state index is -1.29. The van der Waals surface area contributed by atoms with Crippen LogP contribution in [0.1, 0.15) is 12.0 Å². The van der Waals surface area contributed by atoms with E-state index in [2.05, 4.69) is 0 Å². The Kier molecular flexibility index (Phi) is 5.00. The maximum absolute atomic E-state index is 13.7. The third-order valence-electron chi connectivity index (χ3n) is 4.31. The van der Waals surface area contributed by atoms with Crippen LogP contribution in [0.3, 0.4) is 0 Å².